The van der Waals surface area contributed by atoms with Crippen molar-refractivity contribution in [2.24, 2.45) is 5.11 Å². The maximum absolute atomic E-state index is 11.3. The van der Waals surface area contributed by atoms with E-state index in [4.69, 9.17) is 19.7 Å². The van der Waals surface area contributed by atoms with Gasteiger partial charge in [-0.15, -0.1) is 0 Å². The molecule has 0 bridgehead atoms. The summed E-state index contributed by atoms with van der Waals surface area (Å²) < 4.78 is 14.8. The molecule has 1 saturated carbocycles. The van der Waals surface area contributed by atoms with E-state index in [1.807, 2.05) is 0 Å². The van der Waals surface area contributed by atoms with Crippen LogP contribution in [0, 0.1) is 0 Å². The van der Waals surface area contributed by atoms with Gasteiger partial charge in [0.25, 0.3) is 0 Å². The third-order valence-corrected chi connectivity index (χ3v) is 3.11. The largest absolute Gasteiger partial charge is 0.458 e. The molecule has 0 radical (unpaired) electrons. The monoisotopic (exact) mass is 331 g/mol. The zero-order valence-electron chi connectivity index (χ0n) is 12.6. The molecule has 2 N–H and O–H groups in total. The molecule has 11 nitrogen and oxygen atoms in total. The predicted molar refractivity (Wildman–Crippen MR) is 71.6 cm³/mol. The Hall–Kier alpha value is -2.36. The Labute approximate surface area is 130 Å². The van der Waals surface area contributed by atoms with Crippen LogP contribution >= 0.6 is 0 Å². The van der Waals surface area contributed by atoms with Gasteiger partial charge in [0.05, 0.1) is 6.10 Å². The van der Waals surface area contributed by atoms with Gasteiger partial charge >= 0.3 is 17.9 Å². The minimum atomic E-state index is -1.72. The summed E-state index contributed by atoms with van der Waals surface area (Å²) in [4.78, 5) is 36.2. The Morgan fingerprint density at radius 1 is 0.870 bits per heavy atom. The van der Waals surface area contributed by atoms with Crippen LogP contribution in [0.15, 0.2) is 5.11 Å². The quantitative estimate of drug-likeness (QED) is 0.222. The van der Waals surface area contributed by atoms with Gasteiger partial charge in [0, 0.05) is 25.7 Å². The second-order valence-corrected chi connectivity index (χ2v) is 4.90. The first kappa shape index (κ1) is 18.7. The van der Waals surface area contributed by atoms with E-state index < -0.39 is 54.5 Å². The number of hydrogen-bond acceptors (Lipinski definition) is 9. The van der Waals surface area contributed by atoms with Gasteiger partial charge in [0.15, 0.2) is 18.3 Å². The highest BCUT2D eigenvalue weighted by atomic mass is 16.6. The molecule has 1 fully saturated rings. The summed E-state index contributed by atoms with van der Waals surface area (Å²) in [6.07, 6.45) is -7.80. The molecule has 0 unspecified atom stereocenters. The molecule has 0 aromatic heterocycles. The molecule has 128 valence electrons. The summed E-state index contributed by atoms with van der Waals surface area (Å²) in [6.45, 7) is 3.15. The van der Waals surface area contributed by atoms with E-state index in [2.05, 4.69) is 10.0 Å². The maximum Gasteiger partial charge on any atom is 0.303 e. The van der Waals surface area contributed by atoms with Crippen molar-refractivity contribution in [3.63, 3.8) is 0 Å². The molecule has 23 heavy (non-hydrogen) atoms. The van der Waals surface area contributed by atoms with Crippen LogP contribution in [0.2, 0.25) is 0 Å². The lowest BCUT2D eigenvalue weighted by Gasteiger charge is -2.44. The second kappa shape index (κ2) is 7.77. The Kier molecular flexibility index (Phi) is 6.31. The molecule has 0 aromatic rings. The fourth-order valence-electron chi connectivity index (χ4n) is 2.34. The zero-order chi connectivity index (χ0) is 17.7. The van der Waals surface area contributed by atoms with Crippen molar-refractivity contribution in [3.05, 3.63) is 10.4 Å². The molecule has 0 saturated heterocycles. The van der Waals surface area contributed by atoms with E-state index >= 15 is 0 Å². The smallest absolute Gasteiger partial charge is 0.303 e. The van der Waals surface area contributed by atoms with Gasteiger partial charge in [-0.1, -0.05) is 5.11 Å². The average molecular weight is 331 g/mol. The Balaban J connectivity index is 3.30. The van der Waals surface area contributed by atoms with E-state index in [0.29, 0.717) is 0 Å². The van der Waals surface area contributed by atoms with Crippen molar-refractivity contribution >= 4 is 17.9 Å². The number of carbonyl (C=O) groups excluding carboxylic acids is 3. The molecule has 0 aromatic carbocycles. The van der Waals surface area contributed by atoms with E-state index in [1.165, 1.54) is 0 Å². The number of azide groups is 1. The lowest BCUT2D eigenvalue weighted by Crippen LogP contribution is -2.65. The van der Waals surface area contributed by atoms with Crippen LogP contribution in [0.1, 0.15) is 20.8 Å². The van der Waals surface area contributed by atoms with Crippen LogP contribution in [0.25, 0.3) is 10.4 Å². The van der Waals surface area contributed by atoms with E-state index in [-0.39, 0.29) is 0 Å². The van der Waals surface area contributed by atoms with Crippen molar-refractivity contribution in [1.29, 1.82) is 0 Å². The summed E-state index contributed by atoms with van der Waals surface area (Å²) in [7, 11) is 0. The van der Waals surface area contributed by atoms with Gasteiger partial charge in [-0.3, -0.25) is 14.4 Å². The fourth-order valence-corrected chi connectivity index (χ4v) is 2.34. The molecule has 6 atom stereocenters. The molecular formula is C12H17N3O8. The molecule has 0 spiro atoms. The van der Waals surface area contributed by atoms with Crippen molar-refractivity contribution in [3.8, 4) is 0 Å². The first-order chi connectivity index (χ1) is 10.7. The standard InChI is InChI=1S/C12H17N3O8/c1-4(16)21-10-7(14-15-13)8(19)9(20)11(22-5(2)17)12(10)23-6(3)18/h7-12,19-20H,1-3H3/t7-,8-,9-,10+,11-,12-/m1/s1. The van der Waals surface area contributed by atoms with E-state index in [1.54, 1.807) is 0 Å². The average Bonchev–Trinajstić information content (AvgIpc) is 2.42. The van der Waals surface area contributed by atoms with Crippen molar-refractivity contribution in [1.82, 2.24) is 0 Å². The fraction of sp³-hybridized carbons (Fsp3) is 0.750. The lowest BCUT2D eigenvalue weighted by molar-refractivity contribution is -0.223. The van der Waals surface area contributed by atoms with Gasteiger partial charge in [0.2, 0.25) is 0 Å². The number of aliphatic hydroxyl groups is 2. The molecule has 0 heterocycles. The Bertz CT molecular complexity index is 532. The van der Waals surface area contributed by atoms with Gasteiger partial charge < -0.3 is 24.4 Å². The summed E-state index contributed by atoms with van der Waals surface area (Å²) in [6, 6.07) is -1.44. The summed E-state index contributed by atoms with van der Waals surface area (Å²) in [5, 5.41) is 23.4. The first-order valence-electron chi connectivity index (χ1n) is 6.61. The highest BCUT2D eigenvalue weighted by Crippen LogP contribution is 2.30. The number of ether oxygens (including phenoxy) is 3. The highest BCUT2D eigenvalue weighted by molar-refractivity contribution is 5.68. The van der Waals surface area contributed by atoms with Crippen LogP contribution in [0.3, 0.4) is 0 Å². The van der Waals surface area contributed by atoms with Gasteiger partial charge in [-0.2, -0.15) is 0 Å². The molecular weight excluding hydrogens is 314 g/mol. The normalized spacial score (nSPS) is 33.1. The number of carbonyl (C=O) groups is 3. The number of rotatable bonds is 4. The maximum atomic E-state index is 11.3. The summed E-state index contributed by atoms with van der Waals surface area (Å²) in [5.74, 6) is -2.44. The van der Waals surface area contributed by atoms with Crippen molar-refractivity contribution in [2.75, 3.05) is 0 Å². The first-order valence-corrected chi connectivity index (χ1v) is 6.61. The van der Waals surface area contributed by atoms with Crippen LogP contribution in [-0.4, -0.2) is 64.7 Å². The summed E-state index contributed by atoms with van der Waals surface area (Å²) >= 11 is 0. The topological polar surface area (TPSA) is 168 Å². The van der Waals surface area contributed by atoms with Gasteiger partial charge in [0.1, 0.15) is 12.1 Å². The van der Waals surface area contributed by atoms with Crippen molar-refractivity contribution in [2.45, 2.75) is 57.3 Å². The highest BCUT2D eigenvalue weighted by Gasteiger charge is 2.54. The number of aliphatic hydroxyl groups excluding tert-OH is 2. The molecule has 0 amide bonds. The predicted octanol–water partition coefficient (Wildman–Crippen LogP) is -0.804. The molecule has 1 aliphatic carbocycles. The van der Waals surface area contributed by atoms with Gasteiger partial charge in [-0.25, -0.2) is 0 Å². The van der Waals surface area contributed by atoms with E-state index in [0.717, 1.165) is 20.8 Å². The van der Waals surface area contributed by atoms with Gasteiger partial charge in [-0.05, 0) is 5.53 Å². The van der Waals surface area contributed by atoms with Crippen LogP contribution < -0.4 is 0 Å². The third kappa shape index (κ3) is 4.55. The van der Waals surface area contributed by atoms with Crippen LogP contribution in [-0.2, 0) is 28.6 Å². The van der Waals surface area contributed by atoms with Crippen LogP contribution in [0.4, 0.5) is 0 Å². The molecule has 11 heteroatoms. The van der Waals surface area contributed by atoms with E-state index in [9.17, 15) is 24.6 Å². The number of hydrogen-bond donors (Lipinski definition) is 2. The third-order valence-electron chi connectivity index (χ3n) is 3.11. The lowest BCUT2D eigenvalue weighted by atomic mass is 9.83. The Morgan fingerprint density at radius 2 is 1.30 bits per heavy atom. The van der Waals surface area contributed by atoms with Crippen LogP contribution in [0.5, 0.6) is 0 Å². The number of nitrogens with zero attached hydrogens (tertiary/aromatic N) is 3. The Morgan fingerprint density at radius 3 is 1.74 bits per heavy atom. The number of esters is 3. The van der Waals surface area contributed by atoms with Crippen molar-refractivity contribution < 1.29 is 38.8 Å². The minimum Gasteiger partial charge on any atom is -0.458 e. The minimum absolute atomic E-state index is 0.810. The second-order valence-electron chi connectivity index (χ2n) is 4.90. The molecule has 0 aliphatic heterocycles. The molecule has 1 rings (SSSR count). The SMILES string of the molecule is CC(=O)O[C@H]1[C@H](OC(C)=O)[C@H](O)[C@H](O)[C@@H](N=[N+]=[N-])[C@@H]1OC(C)=O. The molecule has 1 aliphatic rings. The summed E-state index contributed by atoms with van der Waals surface area (Å²) in [5.41, 5.74) is 8.59. The zero-order valence-corrected chi connectivity index (χ0v) is 12.6.